The lowest BCUT2D eigenvalue weighted by atomic mass is 9.93. The van der Waals surface area contributed by atoms with Crippen LogP contribution in [0.3, 0.4) is 0 Å². The van der Waals surface area contributed by atoms with Crippen LogP contribution in [0, 0.1) is 11.8 Å². The lowest BCUT2D eigenvalue weighted by molar-refractivity contribution is -0.141. The van der Waals surface area contributed by atoms with Crippen molar-refractivity contribution in [1.29, 1.82) is 0 Å². The van der Waals surface area contributed by atoms with Crippen molar-refractivity contribution < 1.29 is 14.7 Å². The van der Waals surface area contributed by atoms with Gasteiger partial charge in [0.1, 0.15) is 6.04 Å². The Labute approximate surface area is 94.6 Å². The third kappa shape index (κ3) is 2.04. The molecule has 1 saturated heterocycles. The summed E-state index contributed by atoms with van der Waals surface area (Å²) in [4.78, 5) is 22.5. The first-order valence-electron chi connectivity index (χ1n) is 5.86. The second kappa shape index (κ2) is 4.41. The molecule has 2 fully saturated rings. The Kier molecular flexibility index (Phi) is 3.14. The molecule has 90 valence electrons. The molecule has 5 nitrogen and oxygen atoms in total. The molecule has 1 amide bonds. The third-order valence-corrected chi connectivity index (χ3v) is 3.76. The Morgan fingerprint density at radius 2 is 2.19 bits per heavy atom. The molecule has 3 unspecified atom stereocenters. The van der Waals surface area contributed by atoms with Gasteiger partial charge in [-0.2, -0.15) is 0 Å². The fourth-order valence-electron chi connectivity index (χ4n) is 2.84. The summed E-state index contributed by atoms with van der Waals surface area (Å²) in [6.07, 6.45) is 3.46. The number of aliphatic carboxylic acids is 1. The number of carboxylic acids is 1. The van der Waals surface area contributed by atoms with E-state index in [2.05, 4.69) is 10.6 Å². The van der Waals surface area contributed by atoms with E-state index >= 15 is 0 Å². The lowest BCUT2D eigenvalue weighted by Crippen LogP contribution is -2.49. The molecule has 2 rings (SSSR count). The van der Waals surface area contributed by atoms with E-state index in [0.29, 0.717) is 11.8 Å². The van der Waals surface area contributed by atoms with E-state index in [-0.39, 0.29) is 11.9 Å². The maximum Gasteiger partial charge on any atom is 0.325 e. The highest BCUT2D eigenvalue weighted by molar-refractivity contribution is 5.87. The molecule has 0 aromatic heterocycles. The minimum Gasteiger partial charge on any atom is -0.480 e. The Hall–Kier alpha value is -1.10. The largest absolute Gasteiger partial charge is 0.480 e. The van der Waals surface area contributed by atoms with Crippen molar-refractivity contribution in [3.63, 3.8) is 0 Å². The van der Waals surface area contributed by atoms with E-state index in [1.165, 1.54) is 19.8 Å². The van der Waals surface area contributed by atoms with Crippen molar-refractivity contribution in [3.05, 3.63) is 0 Å². The van der Waals surface area contributed by atoms with Crippen molar-refractivity contribution in [2.24, 2.45) is 11.8 Å². The van der Waals surface area contributed by atoms with E-state index in [1.807, 2.05) is 0 Å². The maximum absolute atomic E-state index is 11.9. The summed E-state index contributed by atoms with van der Waals surface area (Å²) >= 11 is 0. The van der Waals surface area contributed by atoms with Crippen LogP contribution >= 0.6 is 0 Å². The molecule has 1 aliphatic carbocycles. The van der Waals surface area contributed by atoms with E-state index in [0.717, 1.165) is 13.0 Å². The van der Waals surface area contributed by atoms with Gasteiger partial charge in [0, 0.05) is 0 Å². The molecule has 4 atom stereocenters. The van der Waals surface area contributed by atoms with Crippen molar-refractivity contribution in [3.8, 4) is 0 Å². The molecule has 1 saturated carbocycles. The number of carboxylic acid groups (broad SMARTS) is 1. The monoisotopic (exact) mass is 226 g/mol. The predicted octanol–water partition coefficient (Wildman–Crippen LogP) is -0.0362. The summed E-state index contributed by atoms with van der Waals surface area (Å²) in [6.45, 7) is 2.38. The minimum absolute atomic E-state index is 0.163. The van der Waals surface area contributed by atoms with Gasteiger partial charge in [-0.05, 0) is 38.1 Å². The summed E-state index contributed by atoms with van der Waals surface area (Å²) in [5.74, 6) is -0.143. The summed E-state index contributed by atoms with van der Waals surface area (Å²) < 4.78 is 0. The van der Waals surface area contributed by atoms with Crippen molar-refractivity contribution in [2.45, 2.75) is 38.3 Å². The molecule has 0 spiro atoms. The SMILES string of the molecule is C[C@H](NC(=O)C1NCC2CCCC21)C(=O)O. The topological polar surface area (TPSA) is 78.4 Å². The zero-order chi connectivity index (χ0) is 11.7. The van der Waals surface area contributed by atoms with Gasteiger partial charge in [0.15, 0.2) is 0 Å². The fourth-order valence-corrected chi connectivity index (χ4v) is 2.84. The van der Waals surface area contributed by atoms with Gasteiger partial charge in [-0.3, -0.25) is 9.59 Å². The molecule has 1 aliphatic heterocycles. The normalized spacial score (nSPS) is 34.4. The van der Waals surface area contributed by atoms with Crippen LogP contribution in [0.1, 0.15) is 26.2 Å². The summed E-state index contributed by atoms with van der Waals surface area (Å²) in [7, 11) is 0. The number of nitrogens with one attached hydrogen (secondary N) is 2. The number of rotatable bonds is 3. The molecule has 5 heteroatoms. The first-order valence-corrected chi connectivity index (χ1v) is 5.86. The maximum atomic E-state index is 11.9. The number of carbonyl (C=O) groups is 2. The van der Waals surface area contributed by atoms with E-state index in [9.17, 15) is 9.59 Å². The Morgan fingerprint density at radius 1 is 1.44 bits per heavy atom. The summed E-state index contributed by atoms with van der Waals surface area (Å²) in [6, 6.07) is -0.996. The Morgan fingerprint density at radius 3 is 2.88 bits per heavy atom. The average molecular weight is 226 g/mol. The number of hydrogen-bond acceptors (Lipinski definition) is 3. The first kappa shape index (κ1) is 11.4. The van der Waals surface area contributed by atoms with Crippen LogP contribution in [0.5, 0.6) is 0 Å². The third-order valence-electron chi connectivity index (χ3n) is 3.76. The molecule has 0 aromatic carbocycles. The Balaban J connectivity index is 1.92. The van der Waals surface area contributed by atoms with Crippen molar-refractivity contribution >= 4 is 11.9 Å². The van der Waals surface area contributed by atoms with Crippen LogP contribution in [0.25, 0.3) is 0 Å². The molecule has 1 heterocycles. The quantitative estimate of drug-likeness (QED) is 0.631. The van der Waals surface area contributed by atoms with Gasteiger partial charge in [0.05, 0.1) is 6.04 Å². The average Bonchev–Trinajstić information content (AvgIpc) is 2.77. The number of hydrogen-bond donors (Lipinski definition) is 3. The molecular weight excluding hydrogens is 208 g/mol. The van der Waals surface area contributed by atoms with Crippen LogP contribution in [0.4, 0.5) is 0 Å². The highest BCUT2D eigenvalue weighted by atomic mass is 16.4. The molecular formula is C11H18N2O3. The van der Waals surface area contributed by atoms with Gasteiger partial charge in [-0.25, -0.2) is 0 Å². The minimum atomic E-state index is -0.991. The van der Waals surface area contributed by atoms with Crippen LogP contribution < -0.4 is 10.6 Å². The summed E-state index contributed by atoms with van der Waals surface area (Å²) in [5, 5.41) is 14.5. The molecule has 0 aromatic rings. The van der Waals surface area contributed by atoms with Crippen molar-refractivity contribution in [1.82, 2.24) is 10.6 Å². The Bertz CT molecular complexity index is 306. The van der Waals surface area contributed by atoms with Gasteiger partial charge >= 0.3 is 5.97 Å². The highest BCUT2D eigenvalue weighted by Gasteiger charge is 2.42. The lowest BCUT2D eigenvalue weighted by Gasteiger charge is -2.19. The second-order valence-corrected chi connectivity index (χ2v) is 4.81. The summed E-state index contributed by atoms with van der Waals surface area (Å²) in [5.41, 5.74) is 0. The molecule has 0 radical (unpaired) electrons. The standard InChI is InChI=1S/C11H18N2O3/c1-6(11(15)16)13-10(14)9-8-4-2-3-7(8)5-12-9/h6-9,12H,2-5H2,1H3,(H,13,14)(H,15,16)/t6-,7?,8?,9?/m0/s1. The van der Waals surface area contributed by atoms with Crippen molar-refractivity contribution in [2.75, 3.05) is 6.54 Å². The highest BCUT2D eigenvalue weighted by Crippen LogP contribution is 2.37. The van der Waals surface area contributed by atoms with Crippen LogP contribution in [0.15, 0.2) is 0 Å². The van der Waals surface area contributed by atoms with Crippen LogP contribution in [-0.2, 0) is 9.59 Å². The van der Waals surface area contributed by atoms with E-state index in [4.69, 9.17) is 5.11 Å². The zero-order valence-electron chi connectivity index (χ0n) is 9.40. The number of carbonyl (C=O) groups excluding carboxylic acids is 1. The van der Waals surface area contributed by atoms with Crippen LogP contribution in [-0.4, -0.2) is 35.6 Å². The van der Waals surface area contributed by atoms with E-state index < -0.39 is 12.0 Å². The van der Waals surface area contributed by atoms with E-state index in [1.54, 1.807) is 0 Å². The number of amides is 1. The molecule has 3 N–H and O–H groups in total. The van der Waals surface area contributed by atoms with Gasteiger partial charge in [0.25, 0.3) is 0 Å². The van der Waals surface area contributed by atoms with Crippen LogP contribution in [0.2, 0.25) is 0 Å². The first-order chi connectivity index (χ1) is 7.59. The van der Waals surface area contributed by atoms with Gasteiger partial charge in [0.2, 0.25) is 5.91 Å². The van der Waals surface area contributed by atoms with Gasteiger partial charge in [-0.15, -0.1) is 0 Å². The van der Waals surface area contributed by atoms with Gasteiger partial charge in [-0.1, -0.05) is 6.42 Å². The molecule has 2 aliphatic rings. The second-order valence-electron chi connectivity index (χ2n) is 4.81. The van der Waals surface area contributed by atoms with Gasteiger partial charge < -0.3 is 15.7 Å². The fraction of sp³-hybridized carbons (Fsp3) is 0.818. The number of fused-ring (bicyclic) bond motifs is 1. The smallest absolute Gasteiger partial charge is 0.325 e. The zero-order valence-corrected chi connectivity index (χ0v) is 9.40. The predicted molar refractivity (Wildman–Crippen MR) is 57.9 cm³/mol. The molecule has 0 bridgehead atoms. The molecule has 16 heavy (non-hydrogen) atoms.